The summed E-state index contributed by atoms with van der Waals surface area (Å²) < 4.78 is 0.769. The van der Waals surface area contributed by atoms with Crippen LogP contribution in [0.15, 0.2) is 22.7 Å². The number of hydrogen-bond donors (Lipinski definition) is 2. The van der Waals surface area contributed by atoms with Crippen molar-refractivity contribution in [1.82, 2.24) is 5.48 Å². The van der Waals surface area contributed by atoms with Crippen LogP contribution < -0.4 is 11.2 Å². The molecule has 5 heteroatoms. The largest absolute Gasteiger partial charge is 0.398 e. The minimum Gasteiger partial charge on any atom is -0.398 e. The molecule has 0 aromatic heterocycles. The van der Waals surface area contributed by atoms with Gasteiger partial charge >= 0.3 is 0 Å². The summed E-state index contributed by atoms with van der Waals surface area (Å²) in [6.45, 7) is 2.22. The Labute approximate surface area is 90.5 Å². The predicted octanol–water partition coefficient (Wildman–Crippen LogP) is 1.71. The number of amides is 1. The minimum absolute atomic E-state index is 0.300. The summed E-state index contributed by atoms with van der Waals surface area (Å²) in [5.74, 6) is -0.300. The smallest absolute Gasteiger partial charge is 0.274 e. The molecule has 0 radical (unpaired) electrons. The van der Waals surface area contributed by atoms with E-state index < -0.39 is 0 Å². The first-order valence-electron chi connectivity index (χ1n) is 4.12. The predicted molar refractivity (Wildman–Crippen MR) is 57.6 cm³/mol. The zero-order chi connectivity index (χ0) is 10.6. The number of anilines is 1. The molecule has 0 aliphatic carbocycles. The lowest BCUT2D eigenvalue weighted by molar-refractivity contribution is 0.0364. The zero-order valence-corrected chi connectivity index (χ0v) is 9.30. The summed E-state index contributed by atoms with van der Waals surface area (Å²) in [6.07, 6.45) is 0. The molecule has 0 heterocycles. The Kier molecular flexibility index (Phi) is 3.91. The van der Waals surface area contributed by atoms with Crippen molar-refractivity contribution in [3.05, 3.63) is 28.2 Å². The van der Waals surface area contributed by atoms with Gasteiger partial charge in [0, 0.05) is 15.7 Å². The second-order valence-corrected chi connectivity index (χ2v) is 3.45. The monoisotopic (exact) mass is 258 g/mol. The zero-order valence-electron chi connectivity index (χ0n) is 7.71. The lowest BCUT2D eigenvalue weighted by atomic mass is 10.2. The molecule has 0 saturated carbocycles. The Morgan fingerprint density at radius 3 is 2.93 bits per heavy atom. The maximum Gasteiger partial charge on any atom is 0.274 e. The fourth-order valence-electron chi connectivity index (χ4n) is 0.882. The highest BCUT2D eigenvalue weighted by molar-refractivity contribution is 9.10. The van der Waals surface area contributed by atoms with Crippen LogP contribution in [-0.2, 0) is 4.84 Å². The molecular formula is C9H11BrN2O2. The van der Waals surface area contributed by atoms with Gasteiger partial charge in [0.25, 0.3) is 5.91 Å². The van der Waals surface area contributed by atoms with Gasteiger partial charge in [-0.1, -0.05) is 0 Å². The van der Waals surface area contributed by atoms with Crippen LogP contribution in [0.3, 0.4) is 0 Å². The van der Waals surface area contributed by atoms with Gasteiger partial charge in [-0.3, -0.25) is 9.63 Å². The van der Waals surface area contributed by atoms with Crippen molar-refractivity contribution >= 4 is 27.5 Å². The van der Waals surface area contributed by atoms with Crippen molar-refractivity contribution in [2.45, 2.75) is 6.92 Å². The van der Waals surface area contributed by atoms with Crippen molar-refractivity contribution in [3.8, 4) is 0 Å². The molecule has 14 heavy (non-hydrogen) atoms. The van der Waals surface area contributed by atoms with Crippen LogP contribution in [0.1, 0.15) is 17.3 Å². The Hall–Kier alpha value is -1.07. The van der Waals surface area contributed by atoms with E-state index in [0.717, 1.165) is 4.47 Å². The summed E-state index contributed by atoms with van der Waals surface area (Å²) in [7, 11) is 0. The van der Waals surface area contributed by atoms with Gasteiger partial charge in [0.1, 0.15) is 0 Å². The van der Waals surface area contributed by atoms with Gasteiger partial charge in [-0.05, 0) is 41.1 Å². The number of hydrogen-bond acceptors (Lipinski definition) is 3. The Balaban J connectivity index is 2.76. The van der Waals surface area contributed by atoms with E-state index in [1.54, 1.807) is 25.1 Å². The fraction of sp³-hybridized carbons (Fsp3) is 0.222. The second kappa shape index (κ2) is 4.97. The first kappa shape index (κ1) is 11.0. The molecule has 0 aliphatic heterocycles. The molecule has 76 valence electrons. The van der Waals surface area contributed by atoms with E-state index in [9.17, 15) is 4.79 Å². The maximum atomic E-state index is 11.4. The highest BCUT2D eigenvalue weighted by atomic mass is 79.9. The third-order valence-corrected chi connectivity index (χ3v) is 2.29. The third-order valence-electron chi connectivity index (χ3n) is 1.57. The molecule has 1 rings (SSSR count). The van der Waals surface area contributed by atoms with E-state index in [2.05, 4.69) is 21.4 Å². The molecule has 0 bridgehead atoms. The fourth-order valence-corrected chi connectivity index (χ4v) is 1.13. The standard InChI is InChI=1S/C9H11BrN2O2/c1-2-14-12-9(13)6-3-4-7(10)8(11)5-6/h3-5H,2,11H2,1H3,(H,12,13). The maximum absolute atomic E-state index is 11.4. The number of halogens is 1. The highest BCUT2D eigenvalue weighted by Crippen LogP contribution is 2.19. The number of nitrogens with one attached hydrogen (secondary N) is 1. The van der Waals surface area contributed by atoms with Crippen molar-refractivity contribution in [2.75, 3.05) is 12.3 Å². The van der Waals surface area contributed by atoms with E-state index in [-0.39, 0.29) is 5.91 Å². The summed E-state index contributed by atoms with van der Waals surface area (Å²) >= 11 is 3.24. The van der Waals surface area contributed by atoms with Gasteiger partial charge in [-0.2, -0.15) is 0 Å². The first-order chi connectivity index (χ1) is 6.65. The SMILES string of the molecule is CCONC(=O)c1ccc(Br)c(N)c1. The van der Waals surface area contributed by atoms with Crippen LogP contribution in [0.25, 0.3) is 0 Å². The molecule has 1 amide bonds. The molecule has 0 aliphatic rings. The number of nitrogens with two attached hydrogens (primary N) is 1. The third kappa shape index (κ3) is 2.71. The van der Waals surface area contributed by atoms with Gasteiger partial charge in [0.15, 0.2) is 0 Å². The van der Waals surface area contributed by atoms with E-state index in [1.807, 2.05) is 0 Å². The lowest BCUT2D eigenvalue weighted by Crippen LogP contribution is -2.23. The quantitative estimate of drug-likeness (QED) is 0.641. The highest BCUT2D eigenvalue weighted by Gasteiger charge is 2.06. The number of rotatable bonds is 3. The van der Waals surface area contributed by atoms with Crippen molar-refractivity contribution < 1.29 is 9.63 Å². The second-order valence-electron chi connectivity index (χ2n) is 2.60. The van der Waals surface area contributed by atoms with Gasteiger partial charge in [-0.25, -0.2) is 5.48 Å². The van der Waals surface area contributed by atoms with E-state index in [1.165, 1.54) is 0 Å². The first-order valence-corrected chi connectivity index (χ1v) is 4.91. The lowest BCUT2D eigenvalue weighted by Gasteiger charge is -2.05. The average Bonchev–Trinajstić information content (AvgIpc) is 2.18. The molecule has 0 unspecified atom stereocenters. The molecule has 0 spiro atoms. The van der Waals surface area contributed by atoms with E-state index in [0.29, 0.717) is 17.9 Å². The van der Waals surface area contributed by atoms with Crippen molar-refractivity contribution in [1.29, 1.82) is 0 Å². The number of carbonyl (C=O) groups is 1. The average molecular weight is 259 g/mol. The molecular weight excluding hydrogens is 248 g/mol. The van der Waals surface area contributed by atoms with E-state index in [4.69, 9.17) is 10.6 Å². The normalized spacial score (nSPS) is 9.86. The van der Waals surface area contributed by atoms with Crippen LogP contribution in [0.2, 0.25) is 0 Å². The molecule has 1 aromatic rings. The molecule has 3 N–H and O–H groups in total. The molecule has 0 fully saturated rings. The molecule has 0 saturated heterocycles. The topological polar surface area (TPSA) is 64.3 Å². The van der Waals surface area contributed by atoms with Crippen LogP contribution in [0.4, 0.5) is 5.69 Å². The number of hydroxylamine groups is 1. The van der Waals surface area contributed by atoms with Gasteiger partial charge in [-0.15, -0.1) is 0 Å². The van der Waals surface area contributed by atoms with Crippen LogP contribution >= 0.6 is 15.9 Å². The number of carbonyl (C=O) groups excluding carboxylic acids is 1. The summed E-state index contributed by atoms with van der Waals surface area (Å²) in [6, 6.07) is 4.96. The number of benzene rings is 1. The minimum atomic E-state index is -0.300. The molecule has 4 nitrogen and oxygen atoms in total. The molecule has 0 atom stereocenters. The summed E-state index contributed by atoms with van der Waals surface area (Å²) in [4.78, 5) is 16.1. The van der Waals surface area contributed by atoms with E-state index >= 15 is 0 Å². The summed E-state index contributed by atoms with van der Waals surface area (Å²) in [5, 5.41) is 0. The van der Waals surface area contributed by atoms with Gasteiger partial charge in [0.05, 0.1) is 6.61 Å². The number of nitrogen functional groups attached to an aromatic ring is 1. The van der Waals surface area contributed by atoms with Crippen LogP contribution in [0.5, 0.6) is 0 Å². The Bertz CT molecular complexity index is 342. The summed E-state index contributed by atoms with van der Waals surface area (Å²) in [5.41, 5.74) is 8.90. The van der Waals surface area contributed by atoms with Crippen molar-refractivity contribution in [2.24, 2.45) is 0 Å². The molecule has 1 aromatic carbocycles. The van der Waals surface area contributed by atoms with Crippen LogP contribution in [0, 0.1) is 0 Å². The van der Waals surface area contributed by atoms with Gasteiger partial charge < -0.3 is 5.73 Å². The van der Waals surface area contributed by atoms with Gasteiger partial charge in [0.2, 0.25) is 0 Å². The van der Waals surface area contributed by atoms with Crippen molar-refractivity contribution in [3.63, 3.8) is 0 Å². The Morgan fingerprint density at radius 2 is 2.36 bits per heavy atom. The Morgan fingerprint density at radius 1 is 1.64 bits per heavy atom. The van der Waals surface area contributed by atoms with Crippen LogP contribution in [-0.4, -0.2) is 12.5 Å².